The Hall–Kier alpha value is -1.73. The van der Waals surface area contributed by atoms with Gasteiger partial charge in [0.25, 0.3) is 0 Å². The first-order valence-electron chi connectivity index (χ1n) is 9.02. The molecule has 4 rings (SSSR count). The standard InChI is InChI=1S/C18H23ClN6S/c19-14-12(3-8-22-15(14)20)26-17-16(21)24-13(11-23-17)25-9-6-18(7-10-25)4-1-2-5-18/h3,8,11H,1-2,4-7,9-10H2,(H2,20,22)(H2,21,24). The SMILES string of the molecule is Nc1nc(N2CCC3(CCCC3)CC2)cnc1Sc1ccnc(N)c1Cl. The third-order valence-electron chi connectivity index (χ3n) is 5.65. The average molecular weight is 391 g/mol. The first-order chi connectivity index (χ1) is 12.6. The van der Waals surface area contributed by atoms with Gasteiger partial charge in [-0.05, 0) is 37.2 Å². The molecule has 26 heavy (non-hydrogen) atoms. The largest absolute Gasteiger partial charge is 0.382 e. The maximum atomic E-state index is 6.20. The molecule has 2 aromatic heterocycles. The van der Waals surface area contributed by atoms with Crippen molar-refractivity contribution in [3.63, 3.8) is 0 Å². The van der Waals surface area contributed by atoms with Crippen molar-refractivity contribution in [2.75, 3.05) is 29.5 Å². The second-order valence-electron chi connectivity index (χ2n) is 7.22. The third-order valence-corrected chi connectivity index (χ3v) is 7.23. The van der Waals surface area contributed by atoms with Crippen LogP contribution in [0.15, 0.2) is 28.4 Å². The maximum Gasteiger partial charge on any atom is 0.158 e. The first-order valence-corrected chi connectivity index (χ1v) is 10.2. The van der Waals surface area contributed by atoms with Crippen LogP contribution in [-0.4, -0.2) is 28.0 Å². The molecule has 1 saturated carbocycles. The van der Waals surface area contributed by atoms with Gasteiger partial charge in [-0.2, -0.15) is 0 Å². The number of hydrogen-bond donors (Lipinski definition) is 2. The van der Waals surface area contributed by atoms with Crippen LogP contribution in [0.25, 0.3) is 0 Å². The number of hydrogen-bond acceptors (Lipinski definition) is 7. The number of anilines is 3. The number of nitrogens with two attached hydrogens (primary N) is 2. The second kappa shape index (κ2) is 7.12. The molecular weight excluding hydrogens is 368 g/mol. The smallest absolute Gasteiger partial charge is 0.158 e. The minimum absolute atomic E-state index is 0.300. The summed E-state index contributed by atoms with van der Waals surface area (Å²) < 4.78 is 0. The van der Waals surface area contributed by atoms with Crippen molar-refractivity contribution in [2.45, 2.75) is 48.4 Å². The van der Waals surface area contributed by atoms with E-state index in [0.717, 1.165) is 23.8 Å². The number of nitrogens with zero attached hydrogens (tertiary/aromatic N) is 4. The first kappa shape index (κ1) is 17.7. The fourth-order valence-corrected chi connectivity index (χ4v) is 5.09. The van der Waals surface area contributed by atoms with Gasteiger partial charge in [0.1, 0.15) is 16.7 Å². The molecule has 6 nitrogen and oxygen atoms in total. The lowest BCUT2D eigenvalue weighted by Gasteiger charge is -2.39. The van der Waals surface area contributed by atoms with Gasteiger partial charge in [0.2, 0.25) is 0 Å². The number of aromatic nitrogens is 3. The van der Waals surface area contributed by atoms with Gasteiger partial charge in [0, 0.05) is 24.2 Å². The zero-order valence-electron chi connectivity index (χ0n) is 14.6. The molecule has 2 aromatic rings. The molecule has 3 heterocycles. The van der Waals surface area contributed by atoms with E-state index in [2.05, 4.69) is 19.9 Å². The predicted molar refractivity (Wildman–Crippen MR) is 107 cm³/mol. The number of pyridine rings is 1. The highest BCUT2D eigenvalue weighted by molar-refractivity contribution is 7.99. The van der Waals surface area contributed by atoms with Crippen molar-refractivity contribution in [2.24, 2.45) is 5.41 Å². The highest BCUT2D eigenvalue weighted by Crippen LogP contribution is 2.46. The molecule has 0 amide bonds. The van der Waals surface area contributed by atoms with Crippen LogP contribution < -0.4 is 16.4 Å². The summed E-state index contributed by atoms with van der Waals surface area (Å²) in [6.45, 7) is 2.07. The van der Waals surface area contributed by atoms with E-state index in [0.29, 0.717) is 27.1 Å². The Balaban J connectivity index is 1.47. The van der Waals surface area contributed by atoms with Crippen LogP contribution in [0.2, 0.25) is 5.02 Å². The fourth-order valence-electron chi connectivity index (χ4n) is 4.07. The van der Waals surface area contributed by atoms with E-state index in [4.69, 9.17) is 23.1 Å². The molecule has 0 radical (unpaired) electrons. The van der Waals surface area contributed by atoms with Crippen molar-refractivity contribution in [3.05, 3.63) is 23.5 Å². The second-order valence-corrected chi connectivity index (χ2v) is 8.63. The Labute approximate surface area is 162 Å². The van der Waals surface area contributed by atoms with E-state index in [1.807, 2.05) is 6.20 Å². The van der Waals surface area contributed by atoms with Gasteiger partial charge in [-0.25, -0.2) is 15.0 Å². The third kappa shape index (κ3) is 3.42. The molecule has 4 N–H and O–H groups in total. The van der Waals surface area contributed by atoms with E-state index in [1.54, 1.807) is 12.3 Å². The summed E-state index contributed by atoms with van der Waals surface area (Å²) in [4.78, 5) is 16.2. The van der Waals surface area contributed by atoms with Crippen LogP contribution in [-0.2, 0) is 0 Å². The lowest BCUT2D eigenvalue weighted by molar-refractivity contribution is 0.226. The lowest BCUT2D eigenvalue weighted by Crippen LogP contribution is -2.39. The summed E-state index contributed by atoms with van der Waals surface area (Å²) in [5.41, 5.74) is 12.5. The van der Waals surface area contributed by atoms with Crippen LogP contribution in [0.3, 0.4) is 0 Å². The summed E-state index contributed by atoms with van der Waals surface area (Å²) in [6, 6.07) is 1.80. The summed E-state index contributed by atoms with van der Waals surface area (Å²) in [7, 11) is 0. The van der Waals surface area contributed by atoms with Gasteiger partial charge < -0.3 is 16.4 Å². The number of nitrogen functional groups attached to an aromatic ring is 2. The van der Waals surface area contributed by atoms with Crippen LogP contribution >= 0.6 is 23.4 Å². The van der Waals surface area contributed by atoms with Gasteiger partial charge in [0.15, 0.2) is 5.82 Å². The van der Waals surface area contributed by atoms with E-state index in [9.17, 15) is 0 Å². The molecule has 1 spiro atoms. The lowest BCUT2D eigenvalue weighted by atomic mass is 9.77. The summed E-state index contributed by atoms with van der Waals surface area (Å²) in [5.74, 6) is 1.58. The van der Waals surface area contributed by atoms with Gasteiger partial charge in [0.05, 0.1) is 11.2 Å². The summed E-state index contributed by atoms with van der Waals surface area (Å²) in [6.07, 6.45) is 11.5. The molecule has 138 valence electrons. The minimum Gasteiger partial charge on any atom is -0.382 e. The Morgan fingerprint density at radius 2 is 1.77 bits per heavy atom. The van der Waals surface area contributed by atoms with Gasteiger partial charge >= 0.3 is 0 Å². The van der Waals surface area contributed by atoms with Crippen molar-refractivity contribution >= 4 is 40.8 Å². The molecule has 2 aliphatic rings. The topological polar surface area (TPSA) is 94.0 Å². The highest BCUT2D eigenvalue weighted by atomic mass is 35.5. The highest BCUT2D eigenvalue weighted by Gasteiger charge is 2.37. The molecule has 0 aromatic carbocycles. The zero-order chi connectivity index (χ0) is 18.1. The van der Waals surface area contributed by atoms with Crippen LogP contribution in [0.4, 0.5) is 17.5 Å². The normalized spacial score (nSPS) is 19.2. The molecule has 1 aliphatic carbocycles. The monoisotopic (exact) mass is 390 g/mol. The van der Waals surface area contributed by atoms with E-state index >= 15 is 0 Å². The van der Waals surface area contributed by atoms with Crippen LogP contribution in [0, 0.1) is 5.41 Å². The summed E-state index contributed by atoms with van der Waals surface area (Å²) in [5, 5.41) is 1.05. The molecule has 0 unspecified atom stereocenters. The average Bonchev–Trinajstić information content (AvgIpc) is 3.09. The number of rotatable bonds is 3. The number of halogens is 1. The maximum absolute atomic E-state index is 6.20. The van der Waals surface area contributed by atoms with Crippen LogP contribution in [0.5, 0.6) is 0 Å². The van der Waals surface area contributed by atoms with Gasteiger partial charge in [-0.1, -0.05) is 36.2 Å². The Morgan fingerprint density at radius 3 is 2.46 bits per heavy atom. The molecule has 2 fully saturated rings. The molecule has 1 saturated heterocycles. The Morgan fingerprint density at radius 1 is 1.04 bits per heavy atom. The minimum atomic E-state index is 0.300. The van der Waals surface area contributed by atoms with Gasteiger partial charge in [-0.3, -0.25) is 0 Å². The van der Waals surface area contributed by atoms with Crippen LogP contribution in [0.1, 0.15) is 38.5 Å². The number of piperidine rings is 1. The van der Waals surface area contributed by atoms with Crippen molar-refractivity contribution < 1.29 is 0 Å². The zero-order valence-corrected chi connectivity index (χ0v) is 16.2. The molecule has 0 atom stereocenters. The molecular formula is C18H23ClN6S. The van der Waals surface area contributed by atoms with E-state index in [-0.39, 0.29) is 0 Å². The Kier molecular flexibility index (Phi) is 4.84. The van der Waals surface area contributed by atoms with Gasteiger partial charge in [-0.15, -0.1) is 0 Å². The predicted octanol–water partition coefficient (Wildman–Crippen LogP) is 4.00. The Bertz CT molecular complexity index is 798. The van der Waals surface area contributed by atoms with Crippen molar-refractivity contribution in [1.29, 1.82) is 0 Å². The fraction of sp³-hybridized carbons (Fsp3) is 0.500. The van der Waals surface area contributed by atoms with Crippen molar-refractivity contribution in [1.82, 2.24) is 15.0 Å². The molecule has 8 heteroatoms. The molecule has 1 aliphatic heterocycles. The quantitative estimate of drug-likeness (QED) is 0.817. The van der Waals surface area contributed by atoms with E-state index < -0.39 is 0 Å². The van der Waals surface area contributed by atoms with Crippen molar-refractivity contribution in [3.8, 4) is 0 Å². The molecule has 0 bridgehead atoms. The summed E-state index contributed by atoms with van der Waals surface area (Å²) >= 11 is 7.56. The van der Waals surface area contributed by atoms with E-state index in [1.165, 1.54) is 50.3 Å².